The minimum absolute atomic E-state index is 0. The number of aromatic nitrogens is 2. The van der Waals surface area contributed by atoms with Crippen molar-refractivity contribution in [3.63, 3.8) is 0 Å². The summed E-state index contributed by atoms with van der Waals surface area (Å²) in [6.45, 7) is 7.25. The molecule has 0 amide bonds. The lowest BCUT2D eigenvalue weighted by molar-refractivity contribution is -0.0104. The number of H-pyrrole nitrogens is 1. The van der Waals surface area contributed by atoms with Crippen LogP contribution in [0.2, 0.25) is 0 Å². The average molecular weight is 847 g/mol. The highest BCUT2D eigenvalue weighted by Crippen LogP contribution is 2.69. The first-order chi connectivity index (χ1) is 25.2. The average Bonchev–Trinajstić information content (AvgIpc) is 3.57. The van der Waals surface area contributed by atoms with Gasteiger partial charge in [0.25, 0.3) is 5.56 Å². The number of unbranched alkanes of at least 4 members (excludes halogenated alkanes) is 16. The largest absolute Gasteiger partial charge is 0.488 e. The van der Waals surface area contributed by atoms with E-state index in [-0.39, 0.29) is 36.6 Å². The van der Waals surface area contributed by atoms with Crippen LogP contribution in [0.25, 0.3) is 0 Å². The molecule has 0 fully saturated rings. The van der Waals surface area contributed by atoms with Crippen LogP contribution in [-0.2, 0) is 36.1 Å². The van der Waals surface area contributed by atoms with E-state index in [1.54, 1.807) is 0 Å². The van der Waals surface area contributed by atoms with Crippen molar-refractivity contribution in [2.75, 3.05) is 19.4 Å². The molecule has 0 aromatic carbocycles. The predicted molar refractivity (Wildman–Crippen MR) is 218 cm³/mol. The maximum absolute atomic E-state index is 13.8. The van der Waals surface area contributed by atoms with Crippen molar-refractivity contribution in [3.05, 3.63) is 44.8 Å². The standard InChI is InChI=1S/C36H67N2O12P3.2H3N/c1-5-8-10-11-12-13-14-15-16-17-18-19-20-21-22-23-27-51(41,46-29-32(7-3)24-9-6-2)49-53(44,45)50-52(42,43)47-30-33-25-26-34(48-33)38-28-31(4)35(39)37-36(38)40;;/h25-26,28,32-34H,5-24,27,29-30H2,1-4H3,(H,42,43)(H,44,45)(H,37,39,40);2*1H3/t32?,33-,34+,51?;;/m0../s1. The SMILES string of the molecule is CCCCCCCCCCCCCCCCCCP(=O)(OCC(CC)CCCC)OP(=O)(O)OP(=O)(O)OC[C@@H]1C=C[C@H](n2cc(C)c(=O)[nH]c2=O)O1.N.N. The van der Waals surface area contributed by atoms with Crippen LogP contribution in [0, 0.1) is 12.8 Å². The smallest absolute Gasteiger partial charge is 0.344 e. The molecule has 6 atom stereocenters. The third-order valence-corrected chi connectivity index (χ3v) is 14.7. The Labute approximate surface area is 328 Å². The second-order valence-corrected chi connectivity index (χ2v) is 19.5. The Hall–Kier alpha value is -1.25. The van der Waals surface area contributed by atoms with Gasteiger partial charge in [-0.15, -0.1) is 0 Å². The molecule has 0 saturated carbocycles. The molecule has 0 saturated heterocycles. The molecule has 2 heterocycles. The lowest BCUT2D eigenvalue weighted by Gasteiger charge is -2.24. The van der Waals surface area contributed by atoms with Gasteiger partial charge in [0.15, 0.2) is 6.23 Å². The van der Waals surface area contributed by atoms with Gasteiger partial charge in [0.1, 0.15) is 6.10 Å². The van der Waals surface area contributed by atoms with Crippen molar-refractivity contribution in [1.82, 2.24) is 21.9 Å². The zero-order chi connectivity index (χ0) is 39.2. The second-order valence-electron chi connectivity index (χ2n) is 14.2. The molecule has 19 heteroatoms. The van der Waals surface area contributed by atoms with E-state index in [1.165, 1.54) is 95.9 Å². The van der Waals surface area contributed by atoms with Crippen LogP contribution in [0.15, 0.2) is 27.9 Å². The maximum atomic E-state index is 13.8. The van der Waals surface area contributed by atoms with Gasteiger partial charge in [-0.25, -0.2) is 18.2 Å². The van der Waals surface area contributed by atoms with Crippen molar-refractivity contribution in [1.29, 1.82) is 0 Å². The number of aryl methyl sites for hydroxylation is 1. The summed E-state index contributed by atoms with van der Waals surface area (Å²) < 4.78 is 66.4. The summed E-state index contributed by atoms with van der Waals surface area (Å²) in [6.07, 6.45) is 24.3. The number of nitrogens with one attached hydrogen (secondary N) is 1. The highest BCUT2D eigenvalue weighted by molar-refractivity contribution is 7.68. The lowest BCUT2D eigenvalue weighted by Crippen LogP contribution is -2.33. The fourth-order valence-corrected chi connectivity index (χ4v) is 11.0. The van der Waals surface area contributed by atoms with Gasteiger partial charge in [-0.1, -0.05) is 142 Å². The summed E-state index contributed by atoms with van der Waals surface area (Å²) in [4.78, 5) is 46.8. The molecule has 0 radical (unpaired) electrons. The van der Waals surface area contributed by atoms with Crippen LogP contribution in [0.4, 0.5) is 0 Å². The molecular weight excluding hydrogens is 773 g/mol. The summed E-state index contributed by atoms with van der Waals surface area (Å²) in [6, 6.07) is 0. The van der Waals surface area contributed by atoms with Gasteiger partial charge in [0, 0.05) is 11.8 Å². The number of nitrogens with zero attached hydrogens (tertiary/aromatic N) is 1. The van der Waals surface area contributed by atoms with Crippen LogP contribution in [0.5, 0.6) is 0 Å². The molecule has 0 aliphatic carbocycles. The molecular formula is C36H73N4O12P3. The van der Waals surface area contributed by atoms with E-state index in [0.29, 0.717) is 6.42 Å². The molecule has 1 aromatic rings. The van der Waals surface area contributed by atoms with E-state index in [9.17, 15) is 33.1 Å². The first-order valence-corrected chi connectivity index (χ1v) is 24.6. The first kappa shape index (κ1) is 53.8. The van der Waals surface area contributed by atoms with Gasteiger partial charge in [0.05, 0.1) is 19.4 Å². The van der Waals surface area contributed by atoms with E-state index in [4.69, 9.17) is 18.1 Å². The van der Waals surface area contributed by atoms with Crippen LogP contribution < -0.4 is 23.6 Å². The topological polar surface area (TPSA) is 263 Å². The van der Waals surface area contributed by atoms with Gasteiger partial charge in [-0.2, -0.15) is 4.31 Å². The number of hydrogen-bond acceptors (Lipinski definition) is 12. The quantitative estimate of drug-likeness (QED) is 0.0257. The Bertz CT molecular complexity index is 1470. The minimum atomic E-state index is -5.42. The zero-order valence-electron chi connectivity index (χ0n) is 33.9. The molecule has 1 aliphatic heterocycles. The number of aromatic amines is 1. The third-order valence-electron chi connectivity index (χ3n) is 9.40. The van der Waals surface area contributed by atoms with Gasteiger partial charge >= 0.3 is 28.9 Å². The number of ether oxygens (including phenoxy) is 1. The molecule has 16 nitrogen and oxygen atoms in total. The summed E-state index contributed by atoms with van der Waals surface area (Å²) in [5, 5.41) is 0. The van der Waals surface area contributed by atoms with Crippen LogP contribution in [0.3, 0.4) is 0 Å². The van der Waals surface area contributed by atoms with Crippen LogP contribution in [0.1, 0.15) is 161 Å². The Morgan fingerprint density at radius 3 is 1.80 bits per heavy atom. The van der Waals surface area contributed by atoms with Crippen molar-refractivity contribution in [2.24, 2.45) is 5.92 Å². The van der Waals surface area contributed by atoms with Crippen LogP contribution >= 0.6 is 23.2 Å². The molecule has 2 rings (SSSR count). The second kappa shape index (κ2) is 29.0. The normalized spacial score (nSPS) is 19.2. The zero-order valence-corrected chi connectivity index (χ0v) is 36.6. The Balaban J connectivity index is 0.0000146. The summed E-state index contributed by atoms with van der Waals surface area (Å²) in [7, 11) is -14.9. The Kier molecular flexibility index (Phi) is 28.4. The predicted octanol–water partition coefficient (Wildman–Crippen LogP) is 10.6. The molecule has 1 aromatic heterocycles. The monoisotopic (exact) mass is 846 g/mol. The minimum Gasteiger partial charge on any atom is -0.344 e. The molecule has 4 unspecified atom stereocenters. The third kappa shape index (κ3) is 23.1. The number of phosphoric ester groups is 1. The first-order valence-electron chi connectivity index (χ1n) is 19.8. The van der Waals surface area contributed by atoms with Crippen molar-refractivity contribution in [2.45, 2.75) is 168 Å². The lowest BCUT2D eigenvalue weighted by atomic mass is 10.0. The fraction of sp³-hybridized carbons (Fsp3) is 0.833. The molecule has 9 N–H and O–H groups in total. The summed E-state index contributed by atoms with van der Waals surface area (Å²) >= 11 is 0. The highest BCUT2D eigenvalue weighted by Gasteiger charge is 2.43. The van der Waals surface area contributed by atoms with Gasteiger partial charge < -0.3 is 31.3 Å². The van der Waals surface area contributed by atoms with Gasteiger partial charge in [-0.05, 0) is 31.8 Å². The molecule has 324 valence electrons. The van der Waals surface area contributed by atoms with E-state index in [2.05, 4.69) is 23.1 Å². The number of hydrogen-bond donors (Lipinski definition) is 5. The number of phosphoric acid groups is 2. The number of rotatable bonds is 32. The van der Waals surface area contributed by atoms with Crippen molar-refractivity contribution < 1.29 is 45.9 Å². The van der Waals surface area contributed by atoms with E-state index < -0.39 is 53.4 Å². The molecule has 0 spiro atoms. The molecule has 55 heavy (non-hydrogen) atoms. The fourth-order valence-electron chi connectivity index (χ4n) is 6.11. The maximum Gasteiger partial charge on any atom is 0.488 e. The van der Waals surface area contributed by atoms with Crippen molar-refractivity contribution in [3.8, 4) is 0 Å². The summed E-state index contributed by atoms with van der Waals surface area (Å²) in [5.74, 6) is 0.0585. The van der Waals surface area contributed by atoms with Crippen molar-refractivity contribution >= 4 is 23.2 Å². The highest BCUT2D eigenvalue weighted by atomic mass is 31.3. The van der Waals surface area contributed by atoms with Gasteiger partial charge in [0.2, 0.25) is 0 Å². The van der Waals surface area contributed by atoms with Gasteiger partial charge in [-0.3, -0.25) is 23.4 Å². The Morgan fingerprint density at radius 2 is 1.27 bits per heavy atom. The summed E-state index contributed by atoms with van der Waals surface area (Å²) in [5.41, 5.74) is -0.979. The van der Waals surface area contributed by atoms with E-state index in [1.807, 2.05) is 6.92 Å². The van der Waals surface area contributed by atoms with E-state index in [0.717, 1.165) is 55.9 Å². The molecule has 0 bridgehead atoms. The molecule has 1 aliphatic rings. The van der Waals surface area contributed by atoms with E-state index >= 15 is 0 Å². The van der Waals surface area contributed by atoms with Crippen LogP contribution in [-0.4, -0.2) is 44.8 Å². The Morgan fingerprint density at radius 1 is 0.745 bits per heavy atom.